The molecule has 6 rings (SSSR count). The first-order valence-corrected chi connectivity index (χ1v) is 16.2. The fraction of sp³-hybridized carbons (Fsp3) is 0.484. The van der Waals surface area contributed by atoms with E-state index in [4.69, 9.17) is 4.74 Å². The molecule has 9 heteroatoms. The number of hydrogen-bond donors (Lipinski definition) is 0. The van der Waals surface area contributed by atoms with Gasteiger partial charge in [-0.15, -0.1) is 11.3 Å². The fourth-order valence-electron chi connectivity index (χ4n) is 6.62. The van der Waals surface area contributed by atoms with Gasteiger partial charge in [0.2, 0.25) is 0 Å². The van der Waals surface area contributed by atoms with Gasteiger partial charge in [0, 0.05) is 62.2 Å². The van der Waals surface area contributed by atoms with E-state index in [0.29, 0.717) is 12.0 Å². The Bertz CT molecular complexity index is 1380. The normalized spacial score (nSPS) is 19.9. The zero-order valence-corrected chi connectivity index (χ0v) is 25.3. The Labute approximate surface area is 243 Å². The largest absolute Gasteiger partial charge is 0.497 e. The summed E-state index contributed by atoms with van der Waals surface area (Å²) in [4.78, 5) is 25.2. The first-order chi connectivity index (χ1) is 19.4. The van der Waals surface area contributed by atoms with E-state index < -0.39 is 11.0 Å². The molecule has 7 nitrogen and oxygen atoms in total. The summed E-state index contributed by atoms with van der Waals surface area (Å²) in [6.07, 6.45) is 9.10. The Morgan fingerprint density at radius 1 is 0.975 bits per heavy atom. The molecule has 1 unspecified atom stereocenters. The van der Waals surface area contributed by atoms with Gasteiger partial charge in [-0.3, -0.25) is 9.78 Å². The number of rotatable bonds is 5. The number of thiophene rings is 1. The summed E-state index contributed by atoms with van der Waals surface area (Å²) in [5.41, 5.74) is 4.72. The van der Waals surface area contributed by atoms with Crippen LogP contribution in [0.3, 0.4) is 0 Å². The van der Waals surface area contributed by atoms with Gasteiger partial charge in [-0.25, -0.2) is 8.51 Å². The second-order valence-electron chi connectivity index (χ2n) is 11.5. The van der Waals surface area contributed by atoms with Crippen LogP contribution < -0.4 is 9.64 Å². The molecule has 3 aliphatic heterocycles. The van der Waals surface area contributed by atoms with Crippen LogP contribution >= 0.6 is 11.3 Å². The molecule has 0 radical (unpaired) electrons. The molecule has 0 bridgehead atoms. The Morgan fingerprint density at radius 2 is 1.62 bits per heavy atom. The third-order valence-electron chi connectivity index (χ3n) is 9.08. The zero-order valence-electron chi connectivity index (χ0n) is 23.6. The van der Waals surface area contributed by atoms with Crippen LogP contribution in [0.2, 0.25) is 0 Å². The van der Waals surface area contributed by atoms with Gasteiger partial charge in [-0.1, -0.05) is 0 Å². The first-order valence-electron chi connectivity index (χ1n) is 14.2. The number of aryl methyl sites for hydroxylation is 2. The van der Waals surface area contributed by atoms with Crippen LogP contribution in [0.25, 0.3) is 0 Å². The van der Waals surface area contributed by atoms with Gasteiger partial charge in [0.05, 0.1) is 16.9 Å². The quantitative estimate of drug-likeness (QED) is 0.407. The van der Waals surface area contributed by atoms with Gasteiger partial charge in [0.25, 0.3) is 5.91 Å². The van der Waals surface area contributed by atoms with Gasteiger partial charge in [-0.05, 0) is 98.4 Å². The molecular weight excluding hydrogens is 541 g/mol. The summed E-state index contributed by atoms with van der Waals surface area (Å²) in [6.45, 7) is 9.13. The molecule has 1 amide bonds. The second kappa shape index (κ2) is 11.3. The third-order valence-corrected chi connectivity index (χ3v) is 12.1. The smallest absolute Gasteiger partial charge is 0.263 e. The maximum atomic E-state index is 13.6. The fourth-order valence-corrected chi connectivity index (χ4v) is 9.19. The van der Waals surface area contributed by atoms with E-state index in [2.05, 4.69) is 33.0 Å². The number of piperidine rings is 2. The minimum absolute atomic E-state index is 0.165. The Hall–Kier alpha value is -2.75. The number of benzene rings is 1. The molecule has 3 aromatic rings. The zero-order chi connectivity index (χ0) is 27.9. The molecule has 0 N–H and O–H groups in total. The number of pyridine rings is 1. The average molecular weight is 579 g/mol. The van der Waals surface area contributed by atoms with Crippen molar-refractivity contribution in [2.24, 2.45) is 5.41 Å². The molecule has 1 atom stereocenters. The van der Waals surface area contributed by atoms with Crippen molar-refractivity contribution < 1.29 is 13.7 Å². The number of likely N-dealkylation sites (tertiary alicyclic amines) is 1. The predicted molar refractivity (Wildman–Crippen MR) is 161 cm³/mol. The molecule has 3 aliphatic rings. The molecule has 2 aromatic heterocycles. The lowest BCUT2D eigenvalue weighted by molar-refractivity contribution is 0.0519. The lowest BCUT2D eigenvalue weighted by Crippen LogP contribution is -2.48. The number of ether oxygens (including phenoxy) is 1. The van der Waals surface area contributed by atoms with Crippen LogP contribution in [-0.4, -0.2) is 64.1 Å². The number of amides is 1. The van der Waals surface area contributed by atoms with Crippen molar-refractivity contribution in [3.05, 3.63) is 69.2 Å². The number of methoxy groups -OCH3 is 1. The van der Waals surface area contributed by atoms with E-state index in [1.165, 1.54) is 23.4 Å². The number of hydrogen-bond acceptors (Lipinski definition) is 6. The molecule has 2 fully saturated rings. The van der Waals surface area contributed by atoms with E-state index >= 15 is 0 Å². The molecule has 1 aromatic carbocycles. The van der Waals surface area contributed by atoms with Crippen LogP contribution in [0.1, 0.15) is 56.9 Å². The number of aromatic nitrogens is 1. The third kappa shape index (κ3) is 5.31. The van der Waals surface area contributed by atoms with Crippen LogP contribution in [0.4, 0.5) is 5.69 Å². The van der Waals surface area contributed by atoms with Crippen molar-refractivity contribution >= 4 is 33.9 Å². The van der Waals surface area contributed by atoms with E-state index in [0.717, 1.165) is 84.2 Å². The highest BCUT2D eigenvalue weighted by molar-refractivity contribution is 7.82. The number of anilines is 1. The number of nitrogens with zero attached hydrogens (tertiary/aromatic N) is 4. The summed E-state index contributed by atoms with van der Waals surface area (Å²) in [5.74, 6) is 0.953. The molecule has 40 heavy (non-hydrogen) atoms. The van der Waals surface area contributed by atoms with Crippen molar-refractivity contribution in [3.63, 3.8) is 0 Å². The van der Waals surface area contributed by atoms with Gasteiger partial charge < -0.3 is 14.5 Å². The molecule has 1 spiro atoms. The summed E-state index contributed by atoms with van der Waals surface area (Å²) in [7, 11) is 0.398. The average Bonchev–Trinajstić information content (AvgIpc) is 3.41. The number of carbonyl (C=O) groups excluding carboxylic acids is 1. The van der Waals surface area contributed by atoms with Crippen LogP contribution in [-0.2, 0) is 24.0 Å². The first kappa shape index (κ1) is 27.4. The van der Waals surface area contributed by atoms with E-state index in [9.17, 15) is 9.00 Å². The predicted octanol–water partition coefficient (Wildman–Crippen LogP) is 5.37. The monoisotopic (exact) mass is 578 g/mol. The minimum atomic E-state index is -1.26. The van der Waals surface area contributed by atoms with E-state index in [1.807, 2.05) is 42.7 Å². The highest BCUT2D eigenvalue weighted by Gasteiger charge is 2.39. The molecule has 2 saturated heterocycles. The maximum absolute atomic E-state index is 13.6. The summed E-state index contributed by atoms with van der Waals surface area (Å²) >= 11 is 1.64. The van der Waals surface area contributed by atoms with Gasteiger partial charge in [0.1, 0.15) is 16.7 Å². The molecule has 0 saturated carbocycles. The van der Waals surface area contributed by atoms with Gasteiger partial charge >= 0.3 is 0 Å². The maximum Gasteiger partial charge on any atom is 0.263 e. The molecule has 0 aliphatic carbocycles. The Balaban J connectivity index is 1.07. The summed E-state index contributed by atoms with van der Waals surface area (Å²) in [5, 5.41) is 0. The molecule has 5 heterocycles. The van der Waals surface area contributed by atoms with Crippen molar-refractivity contribution in [2.45, 2.75) is 57.4 Å². The highest BCUT2D eigenvalue weighted by atomic mass is 32.2. The minimum Gasteiger partial charge on any atom is -0.497 e. The molecular formula is C31H38N4O3S2. The lowest BCUT2D eigenvalue weighted by atomic mass is 9.71. The van der Waals surface area contributed by atoms with Crippen molar-refractivity contribution in [2.75, 3.05) is 44.7 Å². The second-order valence-corrected chi connectivity index (χ2v) is 14.1. The van der Waals surface area contributed by atoms with Crippen LogP contribution in [0, 0.1) is 19.3 Å². The summed E-state index contributed by atoms with van der Waals surface area (Å²) < 4.78 is 21.0. The Kier molecular flexibility index (Phi) is 7.72. The van der Waals surface area contributed by atoms with Crippen LogP contribution in [0.5, 0.6) is 5.75 Å². The molecule has 212 valence electrons. The highest BCUT2D eigenvalue weighted by Crippen LogP contribution is 2.43. The van der Waals surface area contributed by atoms with Crippen molar-refractivity contribution in [1.82, 2.24) is 14.2 Å². The van der Waals surface area contributed by atoms with Crippen molar-refractivity contribution in [1.29, 1.82) is 0 Å². The number of fused-ring (bicyclic) bond motifs is 1. The van der Waals surface area contributed by atoms with E-state index in [-0.39, 0.29) is 5.91 Å². The van der Waals surface area contributed by atoms with Crippen LogP contribution in [0.15, 0.2) is 47.6 Å². The summed E-state index contributed by atoms with van der Waals surface area (Å²) in [6, 6.07) is 10.2. The number of carbonyl (C=O) groups is 1. The lowest BCUT2D eigenvalue weighted by Gasteiger charge is -2.47. The topological polar surface area (TPSA) is 66.0 Å². The van der Waals surface area contributed by atoms with Gasteiger partial charge in [-0.2, -0.15) is 0 Å². The van der Waals surface area contributed by atoms with E-state index in [1.54, 1.807) is 18.4 Å². The Morgan fingerprint density at radius 3 is 2.27 bits per heavy atom. The van der Waals surface area contributed by atoms with Gasteiger partial charge in [0.15, 0.2) is 0 Å². The SMILES string of the molecule is COc1cc(C)c(S(=O)N2CCc3sc(C(=O)N4CCC5(CC4)CCN(c4ccncc4)CC5)cc3C2)c(C)c1. The van der Waals surface area contributed by atoms with Crippen molar-refractivity contribution in [3.8, 4) is 5.75 Å². The standard InChI is InChI=1S/C31H38N4O3S2/c1-22-18-26(38-3)19-23(2)29(22)40(37)35-13-6-27-24(21-35)20-28(39-27)30(36)34-16-9-31(10-17-34)7-14-33(15-8-31)25-4-11-32-12-5-25/h4-5,11-12,18-20H,6-10,13-17,21H2,1-3H3.